The summed E-state index contributed by atoms with van der Waals surface area (Å²) in [4.78, 5) is 11.0. The van der Waals surface area contributed by atoms with E-state index in [1.807, 2.05) is 0 Å². The molecule has 0 atom stereocenters. The lowest BCUT2D eigenvalue weighted by molar-refractivity contribution is -0.142. The highest BCUT2D eigenvalue weighted by Crippen LogP contribution is 2.37. The molecule has 1 aromatic rings. The van der Waals surface area contributed by atoms with E-state index in [2.05, 4.69) is 4.74 Å². The molecule has 0 aliphatic heterocycles. The SMILES string of the molecule is COC(=O)Cc1c(Cl)ccc(F)c1C(F)(F)F. The van der Waals surface area contributed by atoms with Crippen molar-refractivity contribution in [1.29, 1.82) is 0 Å². The van der Waals surface area contributed by atoms with Gasteiger partial charge in [-0.1, -0.05) is 11.6 Å². The Labute approximate surface area is 99.1 Å². The van der Waals surface area contributed by atoms with Gasteiger partial charge >= 0.3 is 12.1 Å². The lowest BCUT2D eigenvalue weighted by atomic mass is 10.0. The summed E-state index contributed by atoms with van der Waals surface area (Å²) in [7, 11) is 1.02. The summed E-state index contributed by atoms with van der Waals surface area (Å²) in [5, 5.41) is -0.330. The fourth-order valence-electron chi connectivity index (χ4n) is 1.29. The first-order valence-corrected chi connectivity index (χ1v) is 4.76. The monoisotopic (exact) mass is 270 g/mol. The van der Waals surface area contributed by atoms with Crippen molar-refractivity contribution in [3.05, 3.63) is 34.1 Å². The van der Waals surface area contributed by atoms with Gasteiger partial charge in [-0.15, -0.1) is 0 Å². The molecule has 7 heteroatoms. The number of benzene rings is 1. The second-order valence-corrected chi connectivity index (χ2v) is 3.54. The Kier molecular flexibility index (Phi) is 3.98. The van der Waals surface area contributed by atoms with Crippen LogP contribution in [-0.4, -0.2) is 13.1 Å². The number of hydrogen-bond donors (Lipinski definition) is 0. The van der Waals surface area contributed by atoms with Crippen LogP contribution in [0.3, 0.4) is 0 Å². The number of rotatable bonds is 2. The van der Waals surface area contributed by atoms with Gasteiger partial charge in [-0.2, -0.15) is 13.2 Å². The predicted octanol–water partition coefficient (Wildman–Crippen LogP) is 3.21. The average Bonchev–Trinajstić information content (AvgIpc) is 2.21. The minimum absolute atomic E-state index is 0.330. The van der Waals surface area contributed by atoms with Gasteiger partial charge in [-0.3, -0.25) is 4.79 Å². The van der Waals surface area contributed by atoms with Crippen LogP contribution >= 0.6 is 11.6 Å². The van der Waals surface area contributed by atoms with Gasteiger partial charge in [0.15, 0.2) is 0 Å². The third-order valence-electron chi connectivity index (χ3n) is 2.04. The minimum atomic E-state index is -4.92. The smallest absolute Gasteiger partial charge is 0.419 e. The van der Waals surface area contributed by atoms with E-state index in [4.69, 9.17) is 11.6 Å². The van der Waals surface area contributed by atoms with Crippen molar-refractivity contribution >= 4 is 17.6 Å². The lowest BCUT2D eigenvalue weighted by Crippen LogP contribution is -2.16. The van der Waals surface area contributed by atoms with Crippen molar-refractivity contribution in [2.24, 2.45) is 0 Å². The minimum Gasteiger partial charge on any atom is -0.469 e. The molecular formula is C10H7ClF4O2. The van der Waals surface area contributed by atoms with Gasteiger partial charge in [0.2, 0.25) is 0 Å². The standard InChI is InChI=1S/C10H7ClF4O2/c1-17-8(16)4-5-6(11)2-3-7(12)9(5)10(13,14)15/h2-3H,4H2,1H3. The molecule has 0 saturated carbocycles. The van der Waals surface area contributed by atoms with Crippen LogP contribution in [0.2, 0.25) is 5.02 Å². The number of alkyl halides is 3. The summed E-state index contributed by atoms with van der Waals surface area (Å²) >= 11 is 5.53. The zero-order valence-electron chi connectivity index (χ0n) is 8.57. The van der Waals surface area contributed by atoms with E-state index < -0.39 is 35.5 Å². The molecule has 0 N–H and O–H groups in total. The summed E-state index contributed by atoms with van der Waals surface area (Å²) < 4.78 is 55.2. The molecule has 94 valence electrons. The third kappa shape index (κ3) is 3.09. The summed E-state index contributed by atoms with van der Waals surface area (Å²) in [5.41, 5.74) is -2.15. The predicted molar refractivity (Wildman–Crippen MR) is 52.1 cm³/mol. The van der Waals surface area contributed by atoms with E-state index in [1.165, 1.54) is 0 Å². The van der Waals surface area contributed by atoms with Crippen molar-refractivity contribution in [1.82, 2.24) is 0 Å². The Balaban J connectivity index is 3.35. The van der Waals surface area contributed by atoms with Gasteiger partial charge in [-0.25, -0.2) is 4.39 Å². The van der Waals surface area contributed by atoms with Crippen molar-refractivity contribution < 1.29 is 27.1 Å². The van der Waals surface area contributed by atoms with Crippen LogP contribution < -0.4 is 0 Å². The molecule has 0 saturated heterocycles. The number of carbonyl (C=O) groups is 1. The summed E-state index contributed by atoms with van der Waals surface area (Å²) in [6.07, 6.45) is -5.65. The van der Waals surface area contributed by atoms with Crippen LogP contribution in [0.1, 0.15) is 11.1 Å². The van der Waals surface area contributed by atoms with Crippen molar-refractivity contribution in [2.45, 2.75) is 12.6 Å². The van der Waals surface area contributed by atoms with Crippen LogP contribution in [0.25, 0.3) is 0 Å². The van der Waals surface area contributed by atoms with Crippen molar-refractivity contribution in [2.75, 3.05) is 7.11 Å². The largest absolute Gasteiger partial charge is 0.469 e. The lowest BCUT2D eigenvalue weighted by Gasteiger charge is -2.14. The highest BCUT2D eigenvalue weighted by molar-refractivity contribution is 6.31. The highest BCUT2D eigenvalue weighted by atomic mass is 35.5. The zero-order valence-corrected chi connectivity index (χ0v) is 9.32. The number of methoxy groups -OCH3 is 1. The van der Waals surface area contributed by atoms with Gasteiger partial charge in [0.25, 0.3) is 0 Å². The molecule has 1 aromatic carbocycles. The number of halogens is 5. The Hall–Kier alpha value is -1.30. The third-order valence-corrected chi connectivity index (χ3v) is 2.39. The molecule has 0 heterocycles. The van der Waals surface area contributed by atoms with Crippen LogP contribution in [-0.2, 0) is 22.1 Å². The maximum atomic E-state index is 13.1. The van der Waals surface area contributed by atoms with Crippen molar-refractivity contribution in [3.63, 3.8) is 0 Å². The van der Waals surface area contributed by atoms with E-state index >= 15 is 0 Å². The Bertz CT molecular complexity index is 443. The van der Waals surface area contributed by atoms with Gasteiger partial charge in [0.1, 0.15) is 5.82 Å². The molecule has 0 aliphatic rings. The molecule has 0 radical (unpaired) electrons. The fraction of sp³-hybridized carbons (Fsp3) is 0.300. The first-order chi connectivity index (χ1) is 7.77. The van der Waals surface area contributed by atoms with E-state index in [0.717, 1.165) is 13.2 Å². The van der Waals surface area contributed by atoms with E-state index in [1.54, 1.807) is 0 Å². The number of hydrogen-bond acceptors (Lipinski definition) is 2. The molecular weight excluding hydrogens is 264 g/mol. The second kappa shape index (κ2) is 4.91. The number of esters is 1. The summed E-state index contributed by atoms with van der Waals surface area (Å²) in [6, 6.07) is 1.57. The molecule has 0 bridgehead atoms. The van der Waals surface area contributed by atoms with Gasteiger partial charge in [0, 0.05) is 5.02 Å². The molecule has 0 spiro atoms. The molecule has 17 heavy (non-hydrogen) atoms. The molecule has 0 aromatic heterocycles. The van der Waals surface area contributed by atoms with Gasteiger partial charge in [0.05, 0.1) is 19.1 Å². The zero-order chi connectivity index (χ0) is 13.2. The first-order valence-electron chi connectivity index (χ1n) is 4.38. The maximum Gasteiger partial charge on any atom is 0.419 e. The Morgan fingerprint density at radius 2 is 2.00 bits per heavy atom. The van der Waals surface area contributed by atoms with Crippen molar-refractivity contribution in [3.8, 4) is 0 Å². The summed E-state index contributed by atoms with van der Waals surface area (Å²) in [6.45, 7) is 0. The second-order valence-electron chi connectivity index (χ2n) is 3.13. The van der Waals surface area contributed by atoms with E-state index in [0.29, 0.717) is 6.07 Å². The molecule has 2 nitrogen and oxygen atoms in total. The molecule has 0 amide bonds. The average molecular weight is 271 g/mol. The molecule has 0 unspecified atom stereocenters. The molecule has 1 rings (SSSR count). The normalized spacial score (nSPS) is 11.4. The first kappa shape index (κ1) is 13.8. The summed E-state index contributed by atoms with van der Waals surface area (Å²) in [5.74, 6) is -2.40. The number of ether oxygens (including phenoxy) is 1. The Morgan fingerprint density at radius 1 is 1.41 bits per heavy atom. The van der Waals surface area contributed by atoms with Gasteiger partial charge < -0.3 is 4.74 Å². The van der Waals surface area contributed by atoms with E-state index in [9.17, 15) is 22.4 Å². The quantitative estimate of drug-likeness (QED) is 0.609. The Morgan fingerprint density at radius 3 is 2.47 bits per heavy atom. The van der Waals surface area contributed by atoms with Crippen LogP contribution in [0.15, 0.2) is 12.1 Å². The van der Waals surface area contributed by atoms with Crippen LogP contribution in [0.4, 0.5) is 17.6 Å². The molecule has 0 fully saturated rings. The van der Waals surface area contributed by atoms with Crippen LogP contribution in [0, 0.1) is 5.82 Å². The van der Waals surface area contributed by atoms with Crippen LogP contribution in [0.5, 0.6) is 0 Å². The molecule has 0 aliphatic carbocycles. The van der Waals surface area contributed by atoms with E-state index in [-0.39, 0.29) is 5.02 Å². The highest BCUT2D eigenvalue weighted by Gasteiger charge is 2.38. The maximum absolute atomic E-state index is 13.1. The topological polar surface area (TPSA) is 26.3 Å². The van der Waals surface area contributed by atoms with Gasteiger partial charge in [-0.05, 0) is 17.7 Å². The number of carbonyl (C=O) groups excluding carboxylic acids is 1. The fourth-order valence-corrected chi connectivity index (χ4v) is 1.51.